The summed E-state index contributed by atoms with van der Waals surface area (Å²) in [5, 5.41) is 4.60. The molecule has 0 aliphatic heterocycles. The smallest absolute Gasteiger partial charge is 0.227 e. The van der Waals surface area contributed by atoms with E-state index in [1.165, 1.54) is 27.5 Å². The van der Waals surface area contributed by atoms with Crippen molar-refractivity contribution in [3.05, 3.63) is 95.8 Å². The lowest BCUT2D eigenvalue weighted by atomic mass is 9.96. The Hall–Kier alpha value is -3.98. The zero-order valence-electron chi connectivity index (χ0n) is 18.3. The van der Waals surface area contributed by atoms with Crippen LogP contribution in [0.5, 0.6) is 0 Å². The molecule has 0 atom stereocenters. The minimum absolute atomic E-state index is 0.671. The van der Waals surface area contributed by atoms with Crippen molar-refractivity contribution in [1.82, 2.24) is 9.97 Å². The normalized spacial score (nSPS) is 11.6. The van der Waals surface area contributed by atoms with E-state index in [9.17, 15) is 0 Å². The number of aromatic nitrogens is 2. The molecule has 0 amide bonds. The predicted octanol–water partition coefficient (Wildman–Crippen LogP) is 7.79. The van der Waals surface area contributed by atoms with Crippen molar-refractivity contribution in [2.75, 3.05) is 0 Å². The first kappa shape index (κ1) is 18.8. The molecule has 3 aromatic heterocycles. The zero-order chi connectivity index (χ0) is 21.8. The summed E-state index contributed by atoms with van der Waals surface area (Å²) in [5.74, 6) is 0. The minimum atomic E-state index is 0.671. The van der Waals surface area contributed by atoms with Gasteiger partial charge in [0.05, 0.1) is 5.69 Å². The summed E-state index contributed by atoms with van der Waals surface area (Å²) in [6.07, 6.45) is 1.95. The van der Waals surface area contributed by atoms with Gasteiger partial charge >= 0.3 is 0 Å². The van der Waals surface area contributed by atoms with Gasteiger partial charge in [0.25, 0.3) is 0 Å². The summed E-state index contributed by atoms with van der Waals surface area (Å²) >= 11 is 0. The lowest BCUT2D eigenvalue weighted by Gasteiger charge is -2.11. The number of benzene rings is 3. The number of rotatable bonds is 2. The van der Waals surface area contributed by atoms with Crippen LogP contribution >= 0.6 is 0 Å². The second-order valence-corrected chi connectivity index (χ2v) is 8.54. The molecule has 0 fully saturated rings. The highest BCUT2D eigenvalue weighted by Gasteiger charge is 2.15. The molecule has 32 heavy (non-hydrogen) atoms. The molecule has 0 saturated heterocycles. The van der Waals surface area contributed by atoms with Crippen LogP contribution in [0.4, 0.5) is 0 Å². The highest BCUT2D eigenvalue weighted by atomic mass is 16.3. The fourth-order valence-corrected chi connectivity index (χ4v) is 4.49. The molecule has 0 saturated carbocycles. The molecule has 0 unspecified atom stereocenters. The number of furan rings is 1. The van der Waals surface area contributed by atoms with Gasteiger partial charge in [0.15, 0.2) is 0 Å². The van der Waals surface area contributed by atoms with Crippen molar-refractivity contribution in [3.8, 4) is 22.4 Å². The number of para-hydroxylation sites is 1. The molecule has 0 N–H and O–H groups in total. The lowest BCUT2D eigenvalue weighted by molar-refractivity contribution is 0.653. The molecule has 6 aromatic rings. The number of hydrogen-bond acceptors (Lipinski definition) is 3. The number of nitrogens with zero attached hydrogens (tertiary/aromatic N) is 2. The van der Waals surface area contributed by atoms with E-state index in [2.05, 4.69) is 85.6 Å². The van der Waals surface area contributed by atoms with Gasteiger partial charge in [-0.3, -0.25) is 4.98 Å². The summed E-state index contributed by atoms with van der Waals surface area (Å²) in [5.41, 5.74) is 9.12. The van der Waals surface area contributed by atoms with Gasteiger partial charge in [0.1, 0.15) is 5.58 Å². The lowest BCUT2D eigenvalue weighted by Crippen LogP contribution is -1.90. The van der Waals surface area contributed by atoms with E-state index in [-0.39, 0.29) is 0 Å². The molecular formula is C29H22N2O. The highest BCUT2D eigenvalue weighted by Crippen LogP contribution is 2.36. The highest BCUT2D eigenvalue weighted by molar-refractivity contribution is 6.08. The third kappa shape index (κ3) is 2.97. The van der Waals surface area contributed by atoms with Gasteiger partial charge in [-0.1, -0.05) is 48.0 Å². The molecule has 154 valence electrons. The Morgan fingerprint density at radius 1 is 0.719 bits per heavy atom. The molecule has 3 heteroatoms. The maximum Gasteiger partial charge on any atom is 0.227 e. The van der Waals surface area contributed by atoms with Crippen LogP contribution in [0.25, 0.3) is 55.2 Å². The third-order valence-corrected chi connectivity index (χ3v) is 6.19. The average molecular weight is 415 g/mol. The standard InChI is InChI=1S/C29H22N2O/c1-17-7-9-20-10-11-21(14-22(20)13-17)26-15-27(30-16-18(26)2)25-6-4-5-23-24-12-8-19(3)31-29(24)32-28(23)25/h4-16H,1-3H3. The van der Waals surface area contributed by atoms with E-state index in [1.54, 1.807) is 0 Å². The second-order valence-electron chi connectivity index (χ2n) is 8.54. The number of hydrogen-bond donors (Lipinski definition) is 0. The minimum Gasteiger partial charge on any atom is -0.437 e. The van der Waals surface area contributed by atoms with Crippen molar-refractivity contribution < 1.29 is 4.42 Å². The molecule has 3 aromatic carbocycles. The second kappa shape index (κ2) is 7.03. The largest absolute Gasteiger partial charge is 0.437 e. The first-order valence-electron chi connectivity index (χ1n) is 10.8. The van der Waals surface area contributed by atoms with Gasteiger partial charge in [-0.25, -0.2) is 4.98 Å². The van der Waals surface area contributed by atoms with E-state index in [0.29, 0.717) is 5.71 Å². The summed E-state index contributed by atoms with van der Waals surface area (Å²) in [4.78, 5) is 9.34. The Labute approximate surface area is 186 Å². The maximum absolute atomic E-state index is 6.21. The van der Waals surface area contributed by atoms with Gasteiger partial charge in [-0.15, -0.1) is 0 Å². The van der Waals surface area contributed by atoms with Crippen molar-refractivity contribution in [3.63, 3.8) is 0 Å². The number of aryl methyl sites for hydroxylation is 3. The Kier molecular flexibility index (Phi) is 4.12. The molecule has 6 rings (SSSR count). The SMILES string of the molecule is Cc1ccc2ccc(-c3cc(-c4cccc5c4oc4nc(C)ccc45)ncc3C)cc2c1. The Bertz CT molecular complexity index is 1660. The van der Waals surface area contributed by atoms with Crippen molar-refractivity contribution in [1.29, 1.82) is 0 Å². The monoisotopic (exact) mass is 414 g/mol. The molecule has 0 radical (unpaired) electrons. The molecule has 3 heterocycles. The Balaban J connectivity index is 1.55. The van der Waals surface area contributed by atoms with E-state index in [4.69, 9.17) is 9.40 Å². The van der Waals surface area contributed by atoms with E-state index in [0.717, 1.165) is 38.9 Å². The van der Waals surface area contributed by atoms with Crippen LogP contribution in [0.3, 0.4) is 0 Å². The fourth-order valence-electron chi connectivity index (χ4n) is 4.49. The van der Waals surface area contributed by atoms with Gasteiger partial charge in [0, 0.05) is 28.2 Å². The summed E-state index contributed by atoms with van der Waals surface area (Å²) in [6.45, 7) is 6.22. The quantitative estimate of drug-likeness (QED) is 0.290. The van der Waals surface area contributed by atoms with Crippen molar-refractivity contribution >= 4 is 32.8 Å². The van der Waals surface area contributed by atoms with Crippen molar-refractivity contribution in [2.24, 2.45) is 0 Å². The molecule has 0 aliphatic rings. The third-order valence-electron chi connectivity index (χ3n) is 6.19. The summed E-state index contributed by atoms with van der Waals surface area (Å²) in [6, 6.07) is 25.7. The zero-order valence-corrected chi connectivity index (χ0v) is 18.3. The first-order valence-corrected chi connectivity index (χ1v) is 10.8. The maximum atomic E-state index is 6.21. The molecule has 0 aliphatic carbocycles. The van der Waals surface area contributed by atoms with E-state index >= 15 is 0 Å². The van der Waals surface area contributed by atoms with Crippen LogP contribution in [0.2, 0.25) is 0 Å². The predicted molar refractivity (Wildman–Crippen MR) is 132 cm³/mol. The molecule has 0 spiro atoms. The summed E-state index contributed by atoms with van der Waals surface area (Å²) in [7, 11) is 0. The summed E-state index contributed by atoms with van der Waals surface area (Å²) < 4.78 is 6.21. The average Bonchev–Trinajstić information content (AvgIpc) is 3.16. The fraction of sp³-hybridized carbons (Fsp3) is 0.103. The topological polar surface area (TPSA) is 38.9 Å². The van der Waals surface area contributed by atoms with Crippen LogP contribution in [0.1, 0.15) is 16.8 Å². The van der Waals surface area contributed by atoms with Gasteiger partial charge in [0.2, 0.25) is 5.71 Å². The van der Waals surface area contributed by atoms with Crippen LogP contribution < -0.4 is 0 Å². The molecular weight excluding hydrogens is 392 g/mol. The van der Waals surface area contributed by atoms with Crippen molar-refractivity contribution in [2.45, 2.75) is 20.8 Å². The van der Waals surface area contributed by atoms with Crippen LogP contribution in [-0.2, 0) is 0 Å². The molecule has 0 bridgehead atoms. The van der Waals surface area contributed by atoms with Gasteiger partial charge < -0.3 is 4.42 Å². The van der Waals surface area contributed by atoms with Crippen LogP contribution in [0.15, 0.2) is 83.4 Å². The van der Waals surface area contributed by atoms with Crippen LogP contribution in [0, 0.1) is 20.8 Å². The first-order chi connectivity index (χ1) is 15.6. The van der Waals surface area contributed by atoms with Crippen LogP contribution in [-0.4, -0.2) is 9.97 Å². The number of pyridine rings is 2. The van der Waals surface area contributed by atoms with Gasteiger partial charge in [-0.05, 0) is 78.6 Å². The Morgan fingerprint density at radius 3 is 2.50 bits per heavy atom. The van der Waals surface area contributed by atoms with Gasteiger partial charge in [-0.2, -0.15) is 0 Å². The molecule has 3 nitrogen and oxygen atoms in total. The Morgan fingerprint density at radius 2 is 1.59 bits per heavy atom. The van der Waals surface area contributed by atoms with E-state index < -0.39 is 0 Å². The number of fused-ring (bicyclic) bond motifs is 4. The van der Waals surface area contributed by atoms with E-state index in [1.807, 2.05) is 19.2 Å².